The largest absolute Gasteiger partial charge is 0.491 e. The Balaban J connectivity index is 2.52. The van der Waals surface area contributed by atoms with Crippen LogP contribution in [0.25, 0.3) is 0 Å². The van der Waals surface area contributed by atoms with Gasteiger partial charge in [-0.25, -0.2) is 0 Å². The highest BCUT2D eigenvalue weighted by molar-refractivity contribution is 14.1. The monoisotopic (exact) mass is 260 g/mol. The third-order valence-electron chi connectivity index (χ3n) is 1.77. The van der Waals surface area contributed by atoms with Crippen molar-refractivity contribution in [1.82, 2.24) is 0 Å². The van der Waals surface area contributed by atoms with E-state index >= 15 is 0 Å². The van der Waals surface area contributed by atoms with Crippen molar-refractivity contribution in [2.75, 3.05) is 0 Å². The third-order valence-corrected chi connectivity index (χ3v) is 2.44. The molecular weight excluding hydrogens is 254 g/mol. The summed E-state index contributed by atoms with van der Waals surface area (Å²) < 4.78 is 6.16. The average molecular weight is 260 g/mol. The summed E-state index contributed by atoms with van der Waals surface area (Å²) in [4.78, 5) is 0. The van der Waals surface area contributed by atoms with Gasteiger partial charge in [0, 0.05) is 3.57 Å². The van der Waals surface area contributed by atoms with Crippen molar-refractivity contribution in [3.63, 3.8) is 0 Å². The molecule has 2 rings (SSSR count). The lowest BCUT2D eigenvalue weighted by molar-refractivity contribution is 0.275. The first-order valence-electron chi connectivity index (χ1n) is 3.35. The maximum Gasteiger partial charge on any atom is 0.491 e. The molecule has 0 fully saturated rings. The van der Waals surface area contributed by atoms with Crippen LogP contribution in [0.3, 0.4) is 0 Å². The highest BCUT2D eigenvalue weighted by Crippen LogP contribution is 2.12. The summed E-state index contributed by atoms with van der Waals surface area (Å²) in [6.07, 6.45) is 0. The van der Waals surface area contributed by atoms with Crippen LogP contribution in [-0.2, 0) is 11.3 Å². The molecule has 0 aliphatic carbocycles. The van der Waals surface area contributed by atoms with Crippen molar-refractivity contribution in [2.45, 2.75) is 6.61 Å². The lowest BCUT2D eigenvalue weighted by atomic mass is 9.80. The zero-order valence-corrected chi connectivity index (χ0v) is 7.91. The van der Waals surface area contributed by atoms with Gasteiger partial charge < -0.3 is 9.68 Å². The first-order chi connectivity index (χ1) is 5.27. The number of hydrogen-bond donors (Lipinski definition) is 1. The maximum atomic E-state index is 9.28. The van der Waals surface area contributed by atoms with Crippen LogP contribution in [0.15, 0.2) is 18.2 Å². The molecule has 1 heterocycles. The summed E-state index contributed by atoms with van der Waals surface area (Å²) in [5.74, 6) is 0. The number of halogens is 1. The molecule has 2 nitrogen and oxygen atoms in total. The molecule has 1 N–H and O–H groups in total. The molecule has 0 unspecified atom stereocenters. The highest BCUT2D eigenvalue weighted by Gasteiger charge is 2.26. The SMILES string of the molecule is OB1OCc2ccc(I)cc21. The van der Waals surface area contributed by atoms with E-state index < -0.39 is 7.12 Å². The molecule has 1 aliphatic rings. The lowest BCUT2D eigenvalue weighted by Crippen LogP contribution is -2.28. The van der Waals surface area contributed by atoms with Gasteiger partial charge in [0.1, 0.15) is 0 Å². The molecule has 0 aromatic heterocycles. The summed E-state index contributed by atoms with van der Waals surface area (Å²) in [5.41, 5.74) is 2.01. The zero-order chi connectivity index (χ0) is 7.84. The molecule has 0 radical (unpaired) electrons. The fourth-order valence-electron chi connectivity index (χ4n) is 1.19. The van der Waals surface area contributed by atoms with Gasteiger partial charge in [0.15, 0.2) is 0 Å². The molecule has 1 aliphatic heterocycles. The fourth-order valence-corrected chi connectivity index (χ4v) is 1.70. The average Bonchev–Trinajstić information content (AvgIpc) is 2.33. The second-order valence-electron chi connectivity index (χ2n) is 2.51. The highest BCUT2D eigenvalue weighted by atomic mass is 127. The Bertz CT molecular complexity index is 290. The smallest absolute Gasteiger partial charge is 0.423 e. The second kappa shape index (κ2) is 2.77. The van der Waals surface area contributed by atoms with Crippen molar-refractivity contribution in [2.24, 2.45) is 0 Å². The Morgan fingerprint density at radius 2 is 2.36 bits per heavy atom. The first kappa shape index (κ1) is 7.58. The molecule has 4 heteroatoms. The van der Waals surface area contributed by atoms with Crippen LogP contribution in [0.1, 0.15) is 5.56 Å². The van der Waals surface area contributed by atoms with Crippen LogP contribution >= 0.6 is 22.6 Å². The molecular formula is C7H6BIO2. The molecule has 11 heavy (non-hydrogen) atoms. The van der Waals surface area contributed by atoms with E-state index in [0.29, 0.717) is 6.61 Å². The van der Waals surface area contributed by atoms with Gasteiger partial charge in [0.05, 0.1) is 6.61 Å². The van der Waals surface area contributed by atoms with Crippen LogP contribution in [0.4, 0.5) is 0 Å². The zero-order valence-electron chi connectivity index (χ0n) is 5.75. The van der Waals surface area contributed by atoms with E-state index in [9.17, 15) is 5.02 Å². The van der Waals surface area contributed by atoms with Gasteiger partial charge >= 0.3 is 7.12 Å². The Hall–Kier alpha value is -0.0651. The molecule has 56 valence electrons. The summed E-state index contributed by atoms with van der Waals surface area (Å²) >= 11 is 2.22. The van der Waals surface area contributed by atoms with E-state index in [2.05, 4.69) is 22.6 Å². The van der Waals surface area contributed by atoms with Gasteiger partial charge in [0.25, 0.3) is 0 Å². The van der Waals surface area contributed by atoms with E-state index in [1.54, 1.807) is 0 Å². The summed E-state index contributed by atoms with van der Waals surface area (Å²) in [6, 6.07) is 5.96. The number of rotatable bonds is 0. The first-order valence-corrected chi connectivity index (χ1v) is 4.43. The van der Waals surface area contributed by atoms with E-state index in [4.69, 9.17) is 4.65 Å². The fraction of sp³-hybridized carbons (Fsp3) is 0.143. The predicted octanol–water partition coefficient (Wildman–Crippen LogP) is 0.509. The van der Waals surface area contributed by atoms with E-state index in [-0.39, 0.29) is 0 Å². The van der Waals surface area contributed by atoms with Gasteiger partial charge in [-0.05, 0) is 45.7 Å². The Kier molecular flexibility index (Phi) is 1.90. The van der Waals surface area contributed by atoms with Crippen molar-refractivity contribution < 1.29 is 9.68 Å². The maximum absolute atomic E-state index is 9.28. The standard InChI is InChI=1S/C7H6BIO2/c9-6-2-1-5-4-11-8(10)7(5)3-6/h1-3,10H,4H2. The van der Waals surface area contributed by atoms with Crippen molar-refractivity contribution in [3.05, 3.63) is 27.3 Å². The lowest BCUT2D eigenvalue weighted by Gasteiger charge is -1.97. The van der Waals surface area contributed by atoms with Crippen LogP contribution < -0.4 is 5.46 Å². The van der Waals surface area contributed by atoms with Crippen molar-refractivity contribution in [1.29, 1.82) is 0 Å². The Labute approximate surface area is 78.9 Å². The van der Waals surface area contributed by atoms with Crippen LogP contribution in [0.2, 0.25) is 0 Å². The molecule has 0 amide bonds. The second-order valence-corrected chi connectivity index (χ2v) is 3.75. The minimum absolute atomic E-state index is 0.535. The normalized spacial score (nSPS) is 15.3. The molecule has 0 bridgehead atoms. The summed E-state index contributed by atoms with van der Waals surface area (Å²) in [6.45, 7) is 0.535. The molecule has 0 atom stereocenters. The van der Waals surface area contributed by atoms with Crippen molar-refractivity contribution in [3.8, 4) is 0 Å². The molecule has 0 spiro atoms. The molecule has 0 saturated carbocycles. The van der Waals surface area contributed by atoms with Crippen LogP contribution in [0, 0.1) is 3.57 Å². The van der Waals surface area contributed by atoms with Crippen LogP contribution in [-0.4, -0.2) is 12.1 Å². The van der Waals surface area contributed by atoms with Gasteiger partial charge in [-0.3, -0.25) is 0 Å². The van der Waals surface area contributed by atoms with E-state index in [1.165, 1.54) is 0 Å². The van der Waals surface area contributed by atoms with Gasteiger partial charge in [-0.15, -0.1) is 0 Å². The molecule has 0 saturated heterocycles. The van der Waals surface area contributed by atoms with Gasteiger partial charge in [-0.1, -0.05) is 6.07 Å². The van der Waals surface area contributed by atoms with E-state index in [1.807, 2.05) is 18.2 Å². The van der Waals surface area contributed by atoms with Gasteiger partial charge in [-0.2, -0.15) is 0 Å². The predicted molar refractivity (Wildman–Crippen MR) is 51.6 cm³/mol. The van der Waals surface area contributed by atoms with Crippen LogP contribution in [0.5, 0.6) is 0 Å². The minimum atomic E-state index is -0.709. The minimum Gasteiger partial charge on any atom is -0.423 e. The topological polar surface area (TPSA) is 29.5 Å². The number of fused-ring (bicyclic) bond motifs is 1. The number of benzene rings is 1. The van der Waals surface area contributed by atoms with Gasteiger partial charge in [0.2, 0.25) is 0 Å². The molecule has 1 aromatic carbocycles. The molecule has 1 aromatic rings. The van der Waals surface area contributed by atoms with Crippen molar-refractivity contribution >= 4 is 35.2 Å². The number of hydrogen-bond acceptors (Lipinski definition) is 2. The summed E-state index contributed by atoms with van der Waals surface area (Å²) in [5, 5.41) is 9.28. The summed E-state index contributed by atoms with van der Waals surface area (Å²) in [7, 11) is -0.709. The Morgan fingerprint density at radius 1 is 1.55 bits per heavy atom. The van der Waals surface area contributed by atoms with E-state index in [0.717, 1.165) is 14.6 Å². The Morgan fingerprint density at radius 3 is 3.18 bits per heavy atom. The third kappa shape index (κ3) is 1.30. The quantitative estimate of drug-likeness (QED) is 0.544.